The van der Waals surface area contributed by atoms with Gasteiger partial charge in [0.15, 0.2) is 5.82 Å². The summed E-state index contributed by atoms with van der Waals surface area (Å²) in [5.41, 5.74) is 0.985. The van der Waals surface area contributed by atoms with Crippen molar-refractivity contribution in [2.45, 2.75) is 12.5 Å². The largest absolute Gasteiger partial charge is 0.380 e. The molecule has 5 heteroatoms. The second-order valence-corrected chi connectivity index (χ2v) is 4.06. The zero-order valence-electron chi connectivity index (χ0n) is 9.18. The van der Waals surface area contributed by atoms with Crippen LogP contribution >= 0.6 is 0 Å². The summed E-state index contributed by atoms with van der Waals surface area (Å²) >= 11 is 0. The molecule has 1 aliphatic heterocycles. The molecule has 1 fully saturated rings. The minimum absolute atomic E-state index is 0.327. The van der Waals surface area contributed by atoms with Gasteiger partial charge >= 0.3 is 0 Å². The van der Waals surface area contributed by atoms with Gasteiger partial charge in [-0.3, -0.25) is 10.1 Å². The van der Waals surface area contributed by atoms with Gasteiger partial charge in [-0.25, -0.2) is 0 Å². The highest BCUT2D eigenvalue weighted by Gasteiger charge is 2.24. The topological polar surface area (TPSA) is 54.0 Å². The van der Waals surface area contributed by atoms with Gasteiger partial charge in [0.25, 0.3) is 0 Å². The molecular formula is C11H14N4O. The van der Waals surface area contributed by atoms with Crippen molar-refractivity contribution in [2.24, 2.45) is 0 Å². The molecule has 1 aliphatic rings. The maximum Gasteiger partial charge on any atom is 0.158 e. The lowest BCUT2D eigenvalue weighted by molar-refractivity contribution is 0.121. The highest BCUT2D eigenvalue weighted by molar-refractivity contribution is 5.89. The second-order valence-electron chi connectivity index (χ2n) is 4.06. The van der Waals surface area contributed by atoms with Crippen LogP contribution in [0, 0.1) is 0 Å². The first-order chi connectivity index (χ1) is 7.88. The number of H-pyrrole nitrogens is 1. The highest BCUT2D eigenvalue weighted by atomic mass is 16.5. The predicted molar refractivity (Wildman–Crippen MR) is 61.5 cm³/mol. The second kappa shape index (κ2) is 3.75. The summed E-state index contributed by atoms with van der Waals surface area (Å²) in [5, 5.41) is 8.49. The van der Waals surface area contributed by atoms with Crippen LogP contribution in [0.2, 0.25) is 0 Å². The minimum Gasteiger partial charge on any atom is -0.380 e. The SMILES string of the molecule is CO[C@H]1CCN(c2n[nH]c3cnccc23)C1. The lowest BCUT2D eigenvalue weighted by Gasteiger charge is -2.15. The van der Waals surface area contributed by atoms with E-state index < -0.39 is 0 Å². The Morgan fingerprint density at radius 3 is 3.31 bits per heavy atom. The van der Waals surface area contributed by atoms with Gasteiger partial charge in [-0.05, 0) is 12.5 Å². The molecule has 3 rings (SSSR count). The fourth-order valence-corrected chi connectivity index (χ4v) is 2.21. The Morgan fingerprint density at radius 2 is 2.50 bits per heavy atom. The van der Waals surface area contributed by atoms with Crippen molar-refractivity contribution in [1.82, 2.24) is 15.2 Å². The van der Waals surface area contributed by atoms with E-state index in [9.17, 15) is 0 Å². The van der Waals surface area contributed by atoms with Gasteiger partial charge in [0, 0.05) is 31.8 Å². The minimum atomic E-state index is 0.327. The van der Waals surface area contributed by atoms with Gasteiger partial charge in [0.1, 0.15) is 0 Å². The Balaban J connectivity index is 1.95. The van der Waals surface area contributed by atoms with Crippen molar-refractivity contribution in [3.63, 3.8) is 0 Å². The van der Waals surface area contributed by atoms with E-state index in [1.807, 2.05) is 6.07 Å². The average molecular weight is 218 g/mol. The summed E-state index contributed by atoms with van der Waals surface area (Å²) in [6.45, 7) is 1.92. The molecule has 0 radical (unpaired) electrons. The van der Waals surface area contributed by atoms with Crippen LogP contribution in [0.25, 0.3) is 10.9 Å². The van der Waals surface area contributed by atoms with E-state index in [-0.39, 0.29) is 0 Å². The van der Waals surface area contributed by atoms with E-state index in [0.717, 1.165) is 36.2 Å². The molecule has 84 valence electrons. The summed E-state index contributed by atoms with van der Waals surface area (Å²) in [6.07, 6.45) is 4.99. The molecule has 5 nitrogen and oxygen atoms in total. The molecule has 0 aromatic carbocycles. The van der Waals surface area contributed by atoms with Crippen LogP contribution in [-0.4, -0.2) is 41.5 Å². The summed E-state index contributed by atoms with van der Waals surface area (Å²) in [4.78, 5) is 6.33. The normalized spacial score (nSPS) is 20.8. The molecule has 0 aliphatic carbocycles. The summed E-state index contributed by atoms with van der Waals surface area (Å²) < 4.78 is 5.36. The maximum absolute atomic E-state index is 5.36. The number of fused-ring (bicyclic) bond motifs is 1. The van der Waals surface area contributed by atoms with Gasteiger partial charge < -0.3 is 9.64 Å². The number of methoxy groups -OCH3 is 1. The number of pyridine rings is 1. The van der Waals surface area contributed by atoms with Crippen molar-refractivity contribution in [3.8, 4) is 0 Å². The van der Waals surface area contributed by atoms with Gasteiger partial charge in [-0.2, -0.15) is 5.10 Å². The first kappa shape index (κ1) is 9.59. The number of ether oxygens (including phenoxy) is 1. The number of aromatic nitrogens is 3. The van der Waals surface area contributed by atoms with Crippen LogP contribution in [-0.2, 0) is 4.74 Å². The molecule has 0 spiro atoms. The van der Waals surface area contributed by atoms with E-state index in [0.29, 0.717) is 6.10 Å². The summed E-state index contributed by atoms with van der Waals surface area (Å²) in [5.74, 6) is 1.01. The Kier molecular flexibility index (Phi) is 2.25. The molecule has 0 unspecified atom stereocenters. The first-order valence-electron chi connectivity index (χ1n) is 5.44. The molecule has 1 saturated heterocycles. The van der Waals surface area contributed by atoms with Crippen molar-refractivity contribution < 1.29 is 4.74 Å². The molecule has 3 heterocycles. The van der Waals surface area contributed by atoms with Crippen LogP contribution in [0.4, 0.5) is 5.82 Å². The van der Waals surface area contributed by atoms with Crippen LogP contribution in [0.5, 0.6) is 0 Å². The predicted octanol–water partition coefficient (Wildman–Crippen LogP) is 1.18. The lowest BCUT2D eigenvalue weighted by atomic mass is 10.3. The number of hydrogen-bond acceptors (Lipinski definition) is 4. The third-order valence-electron chi connectivity index (χ3n) is 3.12. The molecule has 1 N–H and O–H groups in total. The number of aromatic amines is 1. The van der Waals surface area contributed by atoms with Gasteiger partial charge in [0.2, 0.25) is 0 Å². The fourth-order valence-electron chi connectivity index (χ4n) is 2.21. The third-order valence-corrected chi connectivity index (χ3v) is 3.12. The maximum atomic E-state index is 5.36. The Hall–Kier alpha value is -1.62. The number of hydrogen-bond donors (Lipinski definition) is 1. The molecule has 2 aromatic heterocycles. The number of rotatable bonds is 2. The van der Waals surface area contributed by atoms with Crippen molar-refractivity contribution >= 4 is 16.7 Å². The molecule has 0 saturated carbocycles. The molecule has 0 amide bonds. The van der Waals surface area contributed by atoms with Crippen LogP contribution in [0.15, 0.2) is 18.5 Å². The first-order valence-corrected chi connectivity index (χ1v) is 5.44. The molecular weight excluding hydrogens is 204 g/mol. The van der Waals surface area contributed by atoms with Crippen molar-refractivity contribution in [2.75, 3.05) is 25.1 Å². The van der Waals surface area contributed by atoms with Crippen LogP contribution in [0.1, 0.15) is 6.42 Å². The third kappa shape index (κ3) is 1.44. The van der Waals surface area contributed by atoms with Crippen LogP contribution in [0.3, 0.4) is 0 Å². The Morgan fingerprint density at radius 1 is 1.56 bits per heavy atom. The van der Waals surface area contributed by atoms with E-state index in [2.05, 4.69) is 20.1 Å². The Labute approximate surface area is 93.4 Å². The summed E-state index contributed by atoms with van der Waals surface area (Å²) in [6, 6.07) is 1.99. The number of nitrogens with zero attached hydrogens (tertiary/aromatic N) is 3. The number of anilines is 1. The van der Waals surface area contributed by atoms with Crippen molar-refractivity contribution in [1.29, 1.82) is 0 Å². The van der Waals surface area contributed by atoms with E-state index in [1.54, 1.807) is 19.5 Å². The average Bonchev–Trinajstić information content (AvgIpc) is 2.94. The van der Waals surface area contributed by atoms with E-state index >= 15 is 0 Å². The van der Waals surface area contributed by atoms with Gasteiger partial charge in [-0.15, -0.1) is 0 Å². The monoisotopic (exact) mass is 218 g/mol. The van der Waals surface area contributed by atoms with E-state index in [1.165, 1.54) is 0 Å². The van der Waals surface area contributed by atoms with Gasteiger partial charge in [0.05, 0.1) is 17.8 Å². The number of nitrogens with one attached hydrogen (secondary N) is 1. The fraction of sp³-hybridized carbons (Fsp3) is 0.455. The zero-order valence-corrected chi connectivity index (χ0v) is 9.18. The quantitative estimate of drug-likeness (QED) is 0.822. The van der Waals surface area contributed by atoms with Gasteiger partial charge in [-0.1, -0.05) is 0 Å². The highest BCUT2D eigenvalue weighted by Crippen LogP contribution is 2.26. The van der Waals surface area contributed by atoms with E-state index in [4.69, 9.17) is 4.74 Å². The molecule has 2 aromatic rings. The Bertz CT molecular complexity index is 495. The smallest absolute Gasteiger partial charge is 0.158 e. The molecule has 1 atom stereocenters. The molecule has 0 bridgehead atoms. The summed E-state index contributed by atoms with van der Waals surface area (Å²) in [7, 11) is 1.76. The standard InChI is InChI=1S/C11H14N4O/c1-16-8-3-5-15(7-8)11-9-2-4-12-6-10(9)13-14-11/h2,4,6,8H,3,5,7H2,1H3,(H,13,14)/t8-/m0/s1. The zero-order chi connectivity index (χ0) is 11.0. The van der Waals surface area contributed by atoms with Crippen LogP contribution < -0.4 is 4.90 Å². The van der Waals surface area contributed by atoms with Crippen molar-refractivity contribution in [3.05, 3.63) is 18.5 Å². The lowest BCUT2D eigenvalue weighted by Crippen LogP contribution is -2.22. The molecule has 16 heavy (non-hydrogen) atoms.